The number of aromatic nitrogens is 3. The molecule has 0 aliphatic carbocycles. The topological polar surface area (TPSA) is 57.0 Å². The van der Waals surface area contributed by atoms with Crippen molar-refractivity contribution in [3.8, 4) is 5.69 Å². The van der Waals surface area contributed by atoms with Crippen LogP contribution in [0.4, 0.5) is 0 Å². The van der Waals surface area contributed by atoms with Gasteiger partial charge in [0.2, 0.25) is 0 Å². The Bertz CT molecular complexity index is 808. The average molecular weight is 302 g/mol. The molecule has 3 aromatic rings. The summed E-state index contributed by atoms with van der Waals surface area (Å²) in [6, 6.07) is 9.42. The standard InChI is InChI=1S/C15H12ClN3O2/c1-2-21-15(20)11-9-18-19(14(11)16)13-7-3-6-12-10(13)5-4-8-17-12/h3-9H,2H2,1H3. The first kappa shape index (κ1) is 13.6. The van der Waals surface area contributed by atoms with Crippen molar-refractivity contribution in [3.63, 3.8) is 0 Å². The number of pyridine rings is 1. The number of carbonyl (C=O) groups is 1. The quantitative estimate of drug-likeness (QED) is 0.697. The van der Waals surface area contributed by atoms with Crippen molar-refractivity contribution in [2.24, 2.45) is 0 Å². The summed E-state index contributed by atoms with van der Waals surface area (Å²) >= 11 is 6.27. The smallest absolute Gasteiger partial charge is 0.342 e. The van der Waals surface area contributed by atoms with Crippen LogP contribution in [0, 0.1) is 0 Å². The summed E-state index contributed by atoms with van der Waals surface area (Å²) in [6.45, 7) is 2.03. The zero-order chi connectivity index (χ0) is 14.8. The van der Waals surface area contributed by atoms with E-state index in [1.807, 2.05) is 30.3 Å². The molecule has 2 heterocycles. The highest BCUT2D eigenvalue weighted by molar-refractivity contribution is 6.32. The fourth-order valence-electron chi connectivity index (χ4n) is 2.12. The van der Waals surface area contributed by atoms with E-state index in [-0.39, 0.29) is 10.7 Å². The van der Waals surface area contributed by atoms with Gasteiger partial charge in [0.1, 0.15) is 10.7 Å². The number of esters is 1. The first-order chi connectivity index (χ1) is 10.2. The maximum absolute atomic E-state index is 11.8. The molecule has 0 atom stereocenters. The molecule has 0 unspecified atom stereocenters. The van der Waals surface area contributed by atoms with Gasteiger partial charge in [0.05, 0.1) is 24.0 Å². The maximum Gasteiger partial charge on any atom is 0.342 e. The van der Waals surface area contributed by atoms with Gasteiger partial charge in [-0.2, -0.15) is 5.10 Å². The number of fused-ring (bicyclic) bond motifs is 1. The number of benzene rings is 1. The average Bonchev–Trinajstić information content (AvgIpc) is 2.88. The summed E-state index contributed by atoms with van der Waals surface area (Å²) in [5.41, 5.74) is 1.85. The second-order valence-corrected chi connectivity index (χ2v) is 4.69. The van der Waals surface area contributed by atoms with Gasteiger partial charge in [0, 0.05) is 11.6 Å². The molecule has 6 heteroatoms. The number of ether oxygens (including phenoxy) is 1. The van der Waals surface area contributed by atoms with Crippen LogP contribution < -0.4 is 0 Å². The molecule has 0 bridgehead atoms. The van der Waals surface area contributed by atoms with Gasteiger partial charge in [-0.05, 0) is 31.2 Å². The van der Waals surface area contributed by atoms with E-state index in [9.17, 15) is 4.79 Å². The molecule has 0 spiro atoms. The van der Waals surface area contributed by atoms with Crippen molar-refractivity contribution in [2.45, 2.75) is 6.92 Å². The van der Waals surface area contributed by atoms with Gasteiger partial charge in [-0.15, -0.1) is 0 Å². The minimum absolute atomic E-state index is 0.227. The Morgan fingerprint density at radius 1 is 1.33 bits per heavy atom. The number of nitrogens with zero attached hydrogens (tertiary/aromatic N) is 3. The van der Waals surface area contributed by atoms with E-state index in [1.54, 1.807) is 13.1 Å². The molecule has 0 radical (unpaired) electrons. The number of carbonyl (C=O) groups excluding carboxylic acids is 1. The summed E-state index contributed by atoms with van der Waals surface area (Å²) in [5, 5.41) is 5.33. The summed E-state index contributed by atoms with van der Waals surface area (Å²) in [5.74, 6) is -0.480. The molecule has 0 N–H and O–H groups in total. The maximum atomic E-state index is 11.8. The fourth-order valence-corrected chi connectivity index (χ4v) is 2.38. The predicted octanol–water partition coefficient (Wildman–Crippen LogP) is 3.25. The summed E-state index contributed by atoms with van der Waals surface area (Å²) in [4.78, 5) is 16.1. The zero-order valence-electron chi connectivity index (χ0n) is 11.3. The summed E-state index contributed by atoms with van der Waals surface area (Å²) < 4.78 is 6.47. The Kier molecular flexibility index (Phi) is 3.58. The van der Waals surface area contributed by atoms with Crippen LogP contribution in [0.1, 0.15) is 17.3 Å². The van der Waals surface area contributed by atoms with Crippen LogP contribution in [0.25, 0.3) is 16.6 Å². The van der Waals surface area contributed by atoms with E-state index in [0.717, 1.165) is 16.6 Å². The number of hydrogen-bond acceptors (Lipinski definition) is 4. The van der Waals surface area contributed by atoms with Gasteiger partial charge in [-0.25, -0.2) is 9.48 Å². The zero-order valence-corrected chi connectivity index (χ0v) is 12.0. The number of halogens is 1. The van der Waals surface area contributed by atoms with Crippen LogP contribution >= 0.6 is 11.6 Å². The molecule has 106 valence electrons. The Morgan fingerprint density at radius 3 is 3.00 bits per heavy atom. The van der Waals surface area contributed by atoms with Gasteiger partial charge in [0.15, 0.2) is 0 Å². The minimum atomic E-state index is -0.480. The third-order valence-corrected chi connectivity index (χ3v) is 3.42. The fraction of sp³-hybridized carbons (Fsp3) is 0.133. The second kappa shape index (κ2) is 5.54. The molecule has 21 heavy (non-hydrogen) atoms. The van der Waals surface area contributed by atoms with E-state index in [4.69, 9.17) is 16.3 Å². The van der Waals surface area contributed by atoms with E-state index >= 15 is 0 Å². The Balaban J connectivity index is 2.14. The van der Waals surface area contributed by atoms with Crippen LogP contribution in [-0.4, -0.2) is 27.3 Å². The third kappa shape index (κ3) is 2.36. The van der Waals surface area contributed by atoms with Gasteiger partial charge in [-0.1, -0.05) is 17.7 Å². The van der Waals surface area contributed by atoms with E-state index in [2.05, 4.69) is 10.1 Å². The lowest BCUT2D eigenvalue weighted by Crippen LogP contribution is -2.05. The lowest BCUT2D eigenvalue weighted by atomic mass is 10.2. The van der Waals surface area contributed by atoms with Crippen molar-refractivity contribution >= 4 is 28.5 Å². The molecular weight excluding hydrogens is 290 g/mol. The molecule has 0 saturated heterocycles. The Hall–Kier alpha value is -2.40. The van der Waals surface area contributed by atoms with Crippen molar-refractivity contribution in [1.82, 2.24) is 14.8 Å². The third-order valence-electron chi connectivity index (χ3n) is 3.06. The van der Waals surface area contributed by atoms with Crippen LogP contribution in [0.2, 0.25) is 5.15 Å². The Morgan fingerprint density at radius 2 is 2.19 bits per heavy atom. The lowest BCUT2D eigenvalue weighted by Gasteiger charge is -2.07. The highest BCUT2D eigenvalue weighted by Crippen LogP contribution is 2.25. The minimum Gasteiger partial charge on any atom is -0.462 e. The van der Waals surface area contributed by atoms with Crippen molar-refractivity contribution in [2.75, 3.05) is 6.61 Å². The van der Waals surface area contributed by atoms with Gasteiger partial charge >= 0.3 is 5.97 Å². The van der Waals surface area contributed by atoms with Crippen LogP contribution in [0.15, 0.2) is 42.7 Å². The predicted molar refractivity (Wildman–Crippen MR) is 79.8 cm³/mol. The van der Waals surface area contributed by atoms with Crippen molar-refractivity contribution < 1.29 is 9.53 Å². The molecule has 0 fully saturated rings. The molecule has 0 saturated carbocycles. The molecule has 0 aliphatic rings. The monoisotopic (exact) mass is 301 g/mol. The van der Waals surface area contributed by atoms with Gasteiger partial charge < -0.3 is 4.74 Å². The van der Waals surface area contributed by atoms with E-state index in [1.165, 1.54) is 10.9 Å². The first-order valence-electron chi connectivity index (χ1n) is 6.47. The van der Waals surface area contributed by atoms with Crippen molar-refractivity contribution in [1.29, 1.82) is 0 Å². The highest BCUT2D eigenvalue weighted by Gasteiger charge is 2.18. The number of hydrogen-bond donors (Lipinski definition) is 0. The van der Waals surface area contributed by atoms with Gasteiger partial charge in [-0.3, -0.25) is 4.98 Å². The van der Waals surface area contributed by atoms with Crippen LogP contribution in [0.3, 0.4) is 0 Å². The normalized spacial score (nSPS) is 10.8. The molecule has 1 aromatic carbocycles. The first-order valence-corrected chi connectivity index (χ1v) is 6.85. The van der Waals surface area contributed by atoms with E-state index < -0.39 is 5.97 Å². The number of rotatable bonds is 3. The second-order valence-electron chi connectivity index (χ2n) is 4.33. The van der Waals surface area contributed by atoms with E-state index in [0.29, 0.717) is 6.61 Å². The van der Waals surface area contributed by atoms with Crippen LogP contribution in [0.5, 0.6) is 0 Å². The molecule has 0 aliphatic heterocycles. The molecule has 5 nitrogen and oxygen atoms in total. The SMILES string of the molecule is CCOC(=O)c1cnn(-c2cccc3ncccc23)c1Cl. The molecule has 3 rings (SSSR count). The summed E-state index contributed by atoms with van der Waals surface area (Å²) in [6.07, 6.45) is 3.14. The molecule has 2 aromatic heterocycles. The van der Waals surface area contributed by atoms with Crippen LogP contribution in [-0.2, 0) is 4.74 Å². The largest absolute Gasteiger partial charge is 0.462 e. The Labute approximate surface area is 126 Å². The lowest BCUT2D eigenvalue weighted by molar-refractivity contribution is 0.0526. The molecule has 0 amide bonds. The highest BCUT2D eigenvalue weighted by atomic mass is 35.5. The molecular formula is C15H12ClN3O2. The van der Waals surface area contributed by atoms with Crippen molar-refractivity contribution in [3.05, 3.63) is 53.4 Å². The van der Waals surface area contributed by atoms with Gasteiger partial charge in [0.25, 0.3) is 0 Å². The summed E-state index contributed by atoms with van der Waals surface area (Å²) in [7, 11) is 0.